The molecular weight excluding hydrogens is 348 g/mol. The van der Waals surface area contributed by atoms with Gasteiger partial charge in [-0.05, 0) is 78.8 Å². The third-order valence-corrected chi connectivity index (χ3v) is 5.81. The Labute approximate surface area is 175 Å². The lowest BCUT2D eigenvalue weighted by Crippen LogP contribution is -2.39. The summed E-state index contributed by atoms with van der Waals surface area (Å²) in [5.41, 5.74) is 23.6. The molecule has 0 amide bonds. The maximum absolute atomic E-state index is 6.25. The zero-order valence-corrected chi connectivity index (χ0v) is 19.1. The molecule has 6 heteroatoms. The van der Waals surface area contributed by atoms with Gasteiger partial charge in [-0.3, -0.25) is 9.80 Å². The van der Waals surface area contributed by atoms with E-state index in [0.29, 0.717) is 0 Å². The van der Waals surface area contributed by atoms with Gasteiger partial charge in [-0.25, -0.2) is 0 Å². The molecule has 0 aliphatic rings. The van der Waals surface area contributed by atoms with E-state index in [1.807, 2.05) is 0 Å². The van der Waals surface area contributed by atoms with Crippen molar-refractivity contribution in [3.8, 4) is 0 Å². The Kier molecular flexibility index (Phi) is 19.9. The van der Waals surface area contributed by atoms with Crippen LogP contribution < -0.4 is 22.9 Å². The van der Waals surface area contributed by atoms with Gasteiger partial charge >= 0.3 is 0 Å². The van der Waals surface area contributed by atoms with Gasteiger partial charge in [-0.2, -0.15) is 0 Å². The summed E-state index contributed by atoms with van der Waals surface area (Å²) in [6, 6.07) is 0. The minimum absolute atomic E-state index is 0.202. The zero-order chi connectivity index (χ0) is 21.0. The van der Waals surface area contributed by atoms with Crippen molar-refractivity contribution in [2.24, 2.45) is 22.9 Å². The van der Waals surface area contributed by atoms with Gasteiger partial charge in [-0.15, -0.1) is 0 Å². The fourth-order valence-electron chi connectivity index (χ4n) is 3.55. The number of unbranched alkanes of at least 4 members (excludes halogenated alkanes) is 9. The molecule has 28 heavy (non-hydrogen) atoms. The Morgan fingerprint density at radius 3 is 1.18 bits per heavy atom. The lowest BCUT2D eigenvalue weighted by atomic mass is 10.1. The average Bonchev–Trinajstić information content (AvgIpc) is 2.69. The Balaban J connectivity index is 3.48. The van der Waals surface area contributed by atoms with Gasteiger partial charge in [0.15, 0.2) is 0 Å². The normalized spacial score (nSPS) is 14.1. The van der Waals surface area contributed by atoms with Crippen molar-refractivity contribution in [1.82, 2.24) is 9.80 Å². The van der Waals surface area contributed by atoms with Gasteiger partial charge in [0.2, 0.25) is 0 Å². The number of nitrogens with two attached hydrogens (primary N) is 4. The van der Waals surface area contributed by atoms with Crippen LogP contribution >= 0.6 is 0 Å². The molecule has 0 aromatic carbocycles. The topological polar surface area (TPSA) is 111 Å². The highest BCUT2D eigenvalue weighted by Gasteiger charge is 2.09. The lowest BCUT2D eigenvalue weighted by Gasteiger charge is -2.24. The molecule has 0 aliphatic heterocycles. The molecule has 170 valence electrons. The molecule has 0 fully saturated rings. The monoisotopic (exact) mass is 400 g/mol. The van der Waals surface area contributed by atoms with Gasteiger partial charge in [0.1, 0.15) is 0 Å². The second kappa shape index (κ2) is 20.0. The van der Waals surface area contributed by atoms with E-state index in [-0.39, 0.29) is 12.3 Å². The van der Waals surface area contributed by atoms with Crippen molar-refractivity contribution in [2.45, 2.75) is 102 Å². The molecule has 8 N–H and O–H groups in total. The second-order valence-electron chi connectivity index (χ2n) is 8.49. The molecule has 2 unspecified atom stereocenters. The summed E-state index contributed by atoms with van der Waals surface area (Å²) in [7, 11) is 4.31. The average molecular weight is 401 g/mol. The summed E-state index contributed by atoms with van der Waals surface area (Å²) in [5.74, 6) is 0. The van der Waals surface area contributed by atoms with Crippen LogP contribution in [0.5, 0.6) is 0 Å². The molecular formula is C22H52N6. The summed E-state index contributed by atoms with van der Waals surface area (Å²) < 4.78 is 0. The summed E-state index contributed by atoms with van der Waals surface area (Å²) in [4.78, 5) is 4.62. The van der Waals surface area contributed by atoms with Crippen LogP contribution in [0.25, 0.3) is 0 Å². The van der Waals surface area contributed by atoms with Crippen LogP contribution in [0.4, 0.5) is 0 Å². The predicted octanol–water partition coefficient (Wildman–Crippen LogP) is 2.80. The van der Waals surface area contributed by atoms with Crippen LogP contribution in [0.15, 0.2) is 0 Å². The van der Waals surface area contributed by atoms with Gasteiger partial charge in [0, 0.05) is 0 Å². The smallest absolute Gasteiger partial charge is 0.0569 e. The van der Waals surface area contributed by atoms with Crippen molar-refractivity contribution in [2.75, 3.05) is 40.3 Å². The van der Waals surface area contributed by atoms with Crippen LogP contribution in [-0.4, -0.2) is 62.4 Å². The zero-order valence-electron chi connectivity index (χ0n) is 19.1. The first-order valence-corrected chi connectivity index (χ1v) is 11.8. The largest absolute Gasteiger partial charge is 0.330 e. The SMILES string of the molecule is CN(CCCCCCCCN(C)C(N)CCCCCN)C(N)CCCCCN. The Morgan fingerprint density at radius 1 is 0.500 bits per heavy atom. The van der Waals surface area contributed by atoms with E-state index in [0.717, 1.165) is 51.9 Å². The van der Waals surface area contributed by atoms with E-state index in [9.17, 15) is 0 Å². The van der Waals surface area contributed by atoms with E-state index < -0.39 is 0 Å². The molecule has 0 spiro atoms. The summed E-state index contributed by atoms with van der Waals surface area (Å²) >= 11 is 0. The maximum Gasteiger partial charge on any atom is 0.0569 e. The summed E-state index contributed by atoms with van der Waals surface area (Å²) in [6.07, 6.45) is 17.4. The molecule has 0 saturated carbocycles. The van der Waals surface area contributed by atoms with Crippen molar-refractivity contribution >= 4 is 0 Å². The molecule has 0 bridgehead atoms. The molecule has 2 atom stereocenters. The van der Waals surface area contributed by atoms with Crippen molar-refractivity contribution in [1.29, 1.82) is 0 Å². The fourth-order valence-corrected chi connectivity index (χ4v) is 3.55. The molecule has 0 heterocycles. The third-order valence-electron chi connectivity index (χ3n) is 5.81. The molecule has 6 nitrogen and oxygen atoms in total. The van der Waals surface area contributed by atoms with Crippen LogP contribution in [0, 0.1) is 0 Å². The van der Waals surface area contributed by atoms with E-state index in [1.165, 1.54) is 64.2 Å². The number of hydrogen-bond donors (Lipinski definition) is 4. The number of rotatable bonds is 21. The van der Waals surface area contributed by atoms with Crippen LogP contribution in [0.2, 0.25) is 0 Å². The van der Waals surface area contributed by atoms with Crippen LogP contribution in [-0.2, 0) is 0 Å². The van der Waals surface area contributed by atoms with Gasteiger partial charge in [0.25, 0.3) is 0 Å². The Bertz CT molecular complexity index is 285. The predicted molar refractivity (Wildman–Crippen MR) is 124 cm³/mol. The number of nitrogens with zero attached hydrogens (tertiary/aromatic N) is 2. The van der Waals surface area contributed by atoms with Gasteiger partial charge < -0.3 is 22.9 Å². The minimum Gasteiger partial charge on any atom is -0.330 e. The second-order valence-corrected chi connectivity index (χ2v) is 8.49. The molecule has 0 radical (unpaired) electrons. The summed E-state index contributed by atoms with van der Waals surface area (Å²) in [6.45, 7) is 3.81. The Morgan fingerprint density at radius 2 is 0.821 bits per heavy atom. The molecule has 0 aliphatic carbocycles. The fraction of sp³-hybridized carbons (Fsp3) is 1.00. The van der Waals surface area contributed by atoms with E-state index >= 15 is 0 Å². The van der Waals surface area contributed by atoms with Gasteiger partial charge in [-0.1, -0.05) is 51.4 Å². The first kappa shape index (κ1) is 27.8. The van der Waals surface area contributed by atoms with E-state index in [2.05, 4.69) is 23.9 Å². The molecule has 0 saturated heterocycles. The third kappa shape index (κ3) is 16.7. The molecule has 0 rings (SSSR count). The van der Waals surface area contributed by atoms with Crippen molar-refractivity contribution in [3.63, 3.8) is 0 Å². The first-order valence-electron chi connectivity index (χ1n) is 11.8. The standard InChI is InChI=1S/C22H52N6/c1-27(21(25)15-9-7-11-17-23)19-13-5-3-4-6-14-20-28(2)22(26)16-10-8-12-18-24/h21-22H,3-20,23-26H2,1-2H3. The van der Waals surface area contributed by atoms with Crippen molar-refractivity contribution in [3.05, 3.63) is 0 Å². The first-order chi connectivity index (χ1) is 13.5. The number of hydrogen-bond acceptors (Lipinski definition) is 6. The highest BCUT2D eigenvalue weighted by molar-refractivity contribution is 4.64. The van der Waals surface area contributed by atoms with E-state index in [1.54, 1.807) is 0 Å². The highest BCUT2D eigenvalue weighted by atomic mass is 15.2. The summed E-state index contributed by atoms with van der Waals surface area (Å²) in [5, 5.41) is 0. The van der Waals surface area contributed by atoms with Gasteiger partial charge in [0.05, 0.1) is 12.3 Å². The van der Waals surface area contributed by atoms with Crippen LogP contribution in [0.1, 0.15) is 89.9 Å². The van der Waals surface area contributed by atoms with Crippen molar-refractivity contribution < 1.29 is 0 Å². The quantitative estimate of drug-likeness (QED) is 0.174. The highest BCUT2D eigenvalue weighted by Crippen LogP contribution is 2.10. The molecule has 0 aromatic rings. The maximum atomic E-state index is 6.25. The Hall–Kier alpha value is -0.240. The lowest BCUT2D eigenvalue weighted by molar-refractivity contribution is 0.223. The van der Waals surface area contributed by atoms with E-state index in [4.69, 9.17) is 22.9 Å². The molecule has 0 aromatic heterocycles. The van der Waals surface area contributed by atoms with Crippen LogP contribution in [0.3, 0.4) is 0 Å². The minimum atomic E-state index is 0.202.